The predicted octanol–water partition coefficient (Wildman–Crippen LogP) is 1.08. The minimum Gasteiger partial charge on any atom is -0.355 e. The van der Waals surface area contributed by atoms with Gasteiger partial charge in [0.1, 0.15) is 11.9 Å². The van der Waals surface area contributed by atoms with Gasteiger partial charge < -0.3 is 15.1 Å². The third-order valence-electron chi connectivity index (χ3n) is 3.54. The Morgan fingerprint density at radius 3 is 2.79 bits per heavy atom. The SMILES string of the molecule is CNCCC1C(=O)N(C)CCN1c1ccccc1F. The molecule has 1 aromatic carbocycles. The molecule has 2 rings (SSSR count). The third kappa shape index (κ3) is 2.87. The molecule has 0 aromatic heterocycles. The highest BCUT2D eigenvalue weighted by molar-refractivity contribution is 5.86. The number of nitrogens with zero attached hydrogens (tertiary/aromatic N) is 2. The van der Waals surface area contributed by atoms with Crippen LogP contribution in [0.4, 0.5) is 10.1 Å². The Bertz CT molecular complexity index is 452. The van der Waals surface area contributed by atoms with E-state index in [0.29, 0.717) is 25.2 Å². The summed E-state index contributed by atoms with van der Waals surface area (Å²) < 4.78 is 13.9. The quantitative estimate of drug-likeness (QED) is 0.885. The molecule has 5 heteroatoms. The topological polar surface area (TPSA) is 35.6 Å². The van der Waals surface area contributed by atoms with Crippen LogP contribution in [0.3, 0.4) is 0 Å². The van der Waals surface area contributed by atoms with E-state index in [4.69, 9.17) is 0 Å². The van der Waals surface area contributed by atoms with Crippen LogP contribution in [0.2, 0.25) is 0 Å². The average Bonchev–Trinajstić information content (AvgIpc) is 2.41. The van der Waals surface area contributed by atoms with Gasteiger partial charge in [-0.3, -0.25) is 4.79 Å². The highest BCUT2D eigenvalue weighted by Crippen LogP contribution is 2.25. The Labute approximate surface area is 113 Å². The van der Waals surface area contributed by atoms with Crippen LogP contribution in [-0.4, -0.2) is 50.6 Å². The summed E-state index contributed by atoms with van der Waals surface area (Å²) in [6.07, 6.45) is 0.675. The molecule has 1 N–H and O–H groups in total. The Morgan fingerprint density at radius 1 is 1.37 bits per heavy atom. The summed E-state index contributed by atoms with van der Waals surface area (Å²) in [5, 5.41) is 3.05. The molecule has 104 valence electrons. The van der Waals surface area contributed by atoms with Gasteiger partial charge in [-0.25, -0.2) is 4.39 Å². The van der Waals surface area contributed by atoms with Crippen molar-refractivity contribution in [1.82, 2.24) is 10.2 Å². The lowest BCUT2D eigenvalue weighted by Crippen LogP contribution is -2.56. The monoisotopic (exact) mass is 265 g/mol. The minimum atomic E-state index is -0.289. The summed E-state index contributed by atoms with van der Waals surface area (Å²) in [7, 11) is 3.65. The second kappa shape index (κ2) is 6.02. The molecule has 0 radical (unpaired) electrons. The molecule has 1 amide bonds. The zero-order chi connectivity index (χ0) is 13.8. The molecule has 1 heterocycles. The summed E-state index contributed by atoms with van der Waals surface area (Å²) in [4.78, 5) is 15.9. The van der Waals surface area contributed by atoms with Crippen molar-refractivity contribution < 1.29 is 9.18 Å². The number of carbonyl (C=O) groups is 1. The van der Waals surface area contributed by atoms with E-state index in [2.05, 4.69) is 5.32 Å². The lowest BCUT2D eigenvalue weighted by Gasteiger charge is -2.40. The average molecular weight is 265 g/mol. The van der Waals surface area contributed by atoms with Gasteiger partial charge in [0.05, 0.1) is 5.69 Å². The number of piperazine rings is 1. The first-order valence-electron chi connectivity index (χ1n) is 6.56. The number of benzene rings is 1. The van der Waals surface area contributed by atoms with Crippen LogP contribution in [0.1, 0.15) is 6.42 Å². The number of rotatable bonds is 4. The molecule has 0 bridgehead atoms. The number of anilines is 1. The number of hydrogen-bond donors (Lipinski definition) is 1. The Morgan fingerprint density at radius 2 is 2.11 bits per heavy atom. The Hall–Kier alpha value is -1.62. The first kappa shape index (κ1) is 13.8. The molecule has 1 aliphatic rings. The van der Waals surface area contributed by atoms with Crippen LogP contribution >= 0.6 is 0 Å². The zero-order valence-corrected chi connectivity index (χ0v) is 11.4. The van der Waals surface area contributed by atoms with Gasteiger partial charge in [-0.2, -0.15) is 0 Å². The summed E-state index contributed by atoms with van der Waals surface area (Å²) >= 11 is 0. The van der Waals surface area contributed by atoms with Crippen LogP contribution in [0, 0.1) is 5.82 Å². The second-order valence-corrected chi connectivity index (χ2v) is 4.81. The number of amides is 1. The van der Waals surface area contributed by atoms with E-state index in [9.17, 15) is 9.18 Å². The van der Waals surface area contributed by atoms with Crippen molar-refractivity contribution in [2.45, 2.75) is 12.5 Å². The number of carbonyl (C=O) groups excluding carboxylic acids is 1. The first-order valence-corrected chi connectivity index (χ1v) is 6.56. The fourth-order valence-electron chi connectivity index (χ4n) is 2.44. The number of hydrogen-bond acceptors (Lipinski definition) is 3. The normalized spacial score (nSPS) is 19.9. The van der Waals surface area contributed by atoms with Gasteiger partial charge in [0.15, 0.2) is 0 Å². The maximum atomic E-state index is 13.9. The van der Waals surface area contributed by atoms with Crippen molar-refractivity contribution in [3.05, 3.63) is 30.1 Å². The molecule has 0 saturated carbocycles. The fraction of sp³-hybridized carbons (Fsp3) is 0.500. The smallest absolute Gasteiger partial charge is 0.245 e. The van der Waals surface area contributed by atoms with E-state index >= 15 is 0 Å². The molecule has 1 saturated heterocycles. The van der Waals surface area contributed by atoms with Gasteiger partial charge in [-0.05, 0) is 32.1 Å². The predicted molar refractivity (Wildman–Crippen MR) is 73.7 cm³/mol. The molecule has 4 nitrogen and oxygen atoms in total. The van der Waals surface area contributed by atoms with Crippen molar-refractivity contribution >= 4 is 11.6 Å². The van der Waals surface area contributed by atoms with Crippen LogP contribution in [0.25, 0.3) is 0 Å². The lowest BCUT2D eigenvalue weighted by molar-refractivity contribution is -0.133. The number of nitrogens with one attached hydrogen (secondary N) is 1. The van der Waals surface area contributed by atoms with Gasteiger partial charge in [0, 0.05) is 20.1 Å². The number of likely N-dealkylation sites (N-methyl/N-ethyl adjacent to an activating group) is 1. The van der Waals surface area contributed by atoms with Crippen LogP contribution < -0.4 is 10.2 Å². The Kier molecular flexibility index (Phi) is 4.37. The van der Waals surface area contributed by atoms with Gasteiger partial charge in [-0.15, -0.1) is 0 Å². The van der Waals surface area contributed by atoms with Gasteiger partial charge in [0.25, 0.3) is 0 Å². The Balaban J connectivity index is 2.26. The highest BCUT2D eigenvalue weighted by Gasteiger charge is 2.33. The van der Waals surface area contributed by atoms with Gasteiger partial charge in [0.2, 0.25) is 5.91 Å². The van der Waals surface area contributed by atoms with Crippen LogP contribution in [0.5, 0.6) is 0 Å². The molecule has 1 aromatic rings. The minimum absolute atomic E-state index is 0.0600. The van der Waals surface area contributed by atoms with Crippen molar-refractivity contribution in [1.29, 1.82) is 0 Å². The molecule has 19 heavy (non-hydrogen) atoms. The number of para-hydroxylation sites is 1. The zero-order valence-electron chi connectivity index (χ0n) is 11.4. The van der Waals surface area contributed by atoms with E-state index in [0.717, 1.165) is 6.54 Å². The van der Waals surface area contributed by atoms with Crippen molar-refractivity contribution in [2.75, 3.05) is 38.6 Å². The summed E-state index contributed by atoms with van der Waals surface area (Å²) in [5.41, 5.74) is 0.519. The largest absolute Gasteiger partial charge is 0.355 e. The molecule has 0 spiro atoms. The highest BCUT2D eigenvalue weighted by atomic mass is 19.1. The summed E-state index contributed by atoms with van der Waals surface area (Å²) in [6, 6.07) is 6.35. The fourth-order valence-corrected chi connectivity index (χ4v) is 2.44. The van der Waals surface area contributed by atoms with Crippen molar-refractivity contribution in [2.24, 2.45) is 0 Å². The van der Waals surface area contributed by atoms with E-state index < -0.39 is 0 Å². The van der Waals surface area contributed by atoms with Crippen molar-refractivity contribution in [3.8, 4) is 0 Å². The maximum Gasteiger partial charge on any atom is 0.245 e. The van der Waals surface area contributed by atoms with E-state index in [1.165, 1.54) is 6.07 Å². The van der Waals surface area contributed by atoms with Gasteiger partial charge in [-0.1, -0.05) is 12.1 Å². The molecule has 1 aliphatic heterocycles. The maximum absolute atomic E-state index is 13.9. The lowest BCUT2D eigenvalue weighted by atomic mass is 10.1. The van der Waals surface area contributed by atoms with Gasteiger partial charge >= 0.3 is 0 Å². The molecule has 1 fully saturated rings. The van der Waals surface area contributed by atoms with Crippen molar-refractivity contribution in [3.63, 3.8) is 0 Å². The van der Waals surface area contributed by atoms with E-state index in [1.54, 1.807) is 30.1 Å². The van der Waals surface area contributed by atoms with E-state index in [-0.39, 0.29) is 17.8 Å². The van der Waals surface area contributed by atoms with Crippen LogP contribution in [0.15, 0.2) is 24.3 Å². The molecule has 1 atom stereocenters. The van der Waals surface area contributed by atoms with Crippen LogP contribution in [-0.2, 0) is 4.79 Å². The number of halogens is 1. The molecule has 1 unspecified atom stereocenters. The van der Waals surface area contributed by atoms with E-state index in [1.807, 2.05) is 11.9 Å². The molecular formula is C14H20FN3O. The first-order chi connectivity index (χ1) is 9.15. The molecule has 0 aliphatic carbocycles. The molecular weight excluding hydrogens is 245 g/mol. The second-order valence-electron chi connectivity index (χ2n) is 4.81. The standard InChI is InChI=1S/C14H20FN3O/c1-16-8-7-13-14(19)17(2)9-10-18(13)12-6-4-3-5-11(12)15/h3-6,13,16H,7-10H2,1-2H3. The third-order valence-corrected chi connectivity index (χ3v) is 3.54. The summed E-state index contributed by atoms with van der Waals surface area (Å²) in [5.74, 6) is -0.209. The summed E-state index contributed by atoms with van der Waals surface area (Å²) in [6.45, 7) is 2.02.